The van der Waals surface area contributed by atoms with E-state index >= 15 is 0 Å². The van der Waals surface area contributed by atoms with E-state index in [2.05, 4.69) is 11.2 Å². The molecule has 2 heterocycles. The normalized spacial score (nSPS) is 20.3. The van der Waals surface area contributed by atoms with E-state index < -0.39 is 12.2 Å². The second-order valence-electron chi connectivity index (χ2n) is 9.69. The standard InChI is InChI=1S/C31H31N5O3/c1-3-19-33-22-28(37)35-27(36(33)31(39)32-20-24-13-7-4-8-14-24)21-34(23(2)25-15-9-5-10-16-25)30(38)29(35)26-17-11-6-12-18-26/h1,4-18,23,27,29H,19-22H2,2H3,(H,32,39). The highest BCUT2D eigenvalue weighted by molar-refractivity contribution is 5.92. The largest absolute Gasteiger partial charge is 0.334 e. The van der Waals surface area contributed by atoms with Crippen LogP contribution in [0.25, 0.3) is 0 Å². The van der Waals surface area contributed by atoms with Crippen LogP contribution in [-0.4, -0.2) is 63.5 Å². The zero-order valence-corrected chi connectivity index (χ0v) is 21.8. The molecule has 3 atom stereocenters. The van der Waals surface area contributed by atoms with Gasteiger partial charge in [0, 0.05) is 6.54 Å². The molecule has 0 saturated carbocycles. The fraction of sp³-hybridized carbons (Fsp3) is 0.258. The first-order chi connectivity index (χ1) is 19.0. The Morgan fingerprint density at radius 2 is 1.59 bits per heavy atom. The van der Waals surface area contributed by atoms with Crippen molar-refractivity contribution in [3.8, 4) is 12.3 Å². The molecule has 3 aromatic carbocycles. The van der Waals surface area contributed by atoms with Crippen molar-refractivity contribution in [2.45, 2.75) is 31.7 Å². The van der Waals surface area contributed by atoms with Gasteiger partial charge in [0.15, 0.2) is 0 Å². The van der Waals surface area contributed by atoms with Crippen molar-refractivity contribution in [3.63, 3.8) is 0 Å². The van der Waals surface area contributed by atoms with Crippen LogP contribution in [0, 0.1) is 12.3 Å². The molecule has 2 saturated heterocycles. The van der Waals surface area contributed by atoms with Crippen molar-refractivity contribution in [1.82, 2.24) is 25.1 Å². The van der Waals surface area contributed by atoms with Crippen LogP contribution in [0.15, 0.2) is 91.0 Å². The van der Waals surface area contributed by atoms with Crippen molar-refractivity contribution in [3.05, 3.63) is 108 Å². The number of carbonyl (C=O) groups is 3. The maximum atomic E-state index is 14.1. The number of hydrogen-bond donors (Lipinski definition) is 1. The number of amides is 4. The van der Waals surface area contributed by atoms with Crippen molar-refractivity contribution < 1.29 is 14.4 Å². The second-order valence-corrected chi connectivity index (χ2v) is 9.69. The number of carbonyl (C=O) groups excluding carboxylic acids is 3. The highest BCUT2D eigenvalue weighted by Crippen LogP contribution is 2.38. The number of benzene rings is 3. The molecule has 0 radical (unpaired) electrons. The lowest BCUT2D eigenvalue weighted by Crippen LogP contribution is -2.74. The molecular formula is C31H31N5O3. The molecule has 198 valence electrons. The zero-order valence-electron chi connectivity index (χ0n) is 21.8. The lowest BCUT2D eigenvalue weighted by molar-refractivity contribution is -0.191. The van der Waals surface area contributed by atoms with Crippen molar-refractivity contribution in [2.24, 2.45) is 0 Å². The average molecular weight is 522 g/mol. The van der Waals surface area contributed by atoms with E-state index in [1.807, 2.05) is 97.9 Å². The Labute approximate surface area is 228 Å². The monoisotopic (exact) mass is 521 g/mol. The number of terminal acetylenes is 1. The Morgan fingerprint density at radius 1 is 0.974 bits per heavy atom. The highest BCUT2D eigenvalue weighted by atomic mass is 16.2. The van der Waals surface area contributed by atoms with Crippen LogP contribution in [0.2, 0.25) is 0 Å². The van der Waals surface area contributed by atoms with E-state index in [0.717, 1.165) is 11.1 Å². The molecule has 2 aliphatic heterocycles. The topological polar surface area (TPSA) is 76.2 Å². The van der Waals surface area contributed by atoms with Gasteiger partial charge in [0.25, 0.3) is 5.91 Å². The minimum absolute atomic E-state index is 0.0764. The number of rotatable bonds is 6. The summed E-state index contributed by atoms with van der Waals surface area (Å²) >= 11 is 0. The zero-order chi connectivity index (χ0) is 27.4. The van der Waals surface area contributed by atoms with E-state index in [1.54, 1.807) is 14.8 Å². The maximum absolute atomic E-state index is 14.1. The van der Waals surface area contributed by atoms with Gasteiger partial charge in [-0.2, -0.15) is 5.01 Å². The van der Waals surface area contributed by atoms with Crippen LogP contribution in [0.5, 0.6) is 0 Å². The molecule has 39 heavy (non-hydrogen) atoms. The second kappa shape index (κ2) is 11.4. The summed E-state index contributed by atoms with van der Waals surface area (Å²) in [5.74, 6) is 2.14. The molecule has 2 aliphatic rings. The fourth-order valence-corrected chi connectivity index (χ4v) is 5.36. The number of nitrogens with zero attached hydrogens (tertiary/aromatic N) is 4. The summed E-state index contributed by atoms with van der Waals surface area (Å²) in [5, 5.41) is 6.10. The third-order valence-corrected chi connectivity index (χ3v) is 7.30. The average Bonchev–Trinajstić information content (AvgIpc) is 2.97. The summed E-state index contributed by atoms with van der Waals surface area (Å²) in [7, 11) is 0. The van der Waals surface area contributed by atoms with Gasteiger partial charge in [0.2, 0.25) is 5.91 Å². The van der Waals surface area contributed by atoms with Crippen molar-refractivity contribution in [2.75, 3.05) is 19.6 Å². The molecule has 1 N–H and O–H groups in total. The number of piperazine rings is 1. The SMILES string of the molecule is C#CCN1CC(=O)N2C(c3ccccc3)C(=O)N(C(C)c3ccccc3)CC2N1C(=O)NCc1ccccc1. The van der Waals surface area contributed by atoms with Crippen molar-refractivity contribution in [1.29, 1.82) is 0 Å². The summed E-state index contributed by atoms with van der Waals surface area (Å²) in [5.41, 5.74) is 2.61. The van der Waals surface area contributed by atoms with Gasteiger partial charge in [-0.15, -0.1) is 6.42 Å². The summed E-state index contributed by atoms with van der Waals surface area (Å²) in [6, 6.07) is 27.1. The van der Waals surface area contributed by atoms with E-state index in [-0.39, 0.29) is 43.5 Å². The molecule has 8 nitrogen and oxygen atoms in total. The minimum Gasteiger partial charge on any atom is -0.333 e. The van der Waals surface area contributed by atoms with Crippen LogP contribution in [-0.2, 0) is 16.1 Å². The van der Waals surface area contributed by atoms with Crippen LogP contribution >= 0.6 is 0 Å². The molecule has 4 amide bonds. The molecule has 0 spiro atoms. The Morgan fingerprint density at radius 3 is 2.23 bits per heavy atom. The van der Waals surface area contributed by atoms with Crippen LogP contribution in [0.1, 0.15) is 35.7 Å². The first-order valence-electron chi connectivity index (χ1n) is 13.0. The molecular weight excluding hydrogens is 490 g/mol. The van der Waals surface area contributed by atoms with Gasteiger partial charge in [0.1, 0.15) is 12.2 Å². The van der Waals surface area contributed by atoms with Crippen LogP contribution in [0.3, 0.4) is 0 Å². The summed E-state index contributed by atoms with van der Waals surface area (Å²) in [6.45, 7) is 2.39. The Bertz CT molecular complexity index is 1360. The fourth-order valence-electron chi connectivity index (χ4n) is 5.36. The maximum Gasteiger partial charge on any atom is 0.334 e. The van der Waals surface area contributed by atoms with Gasteiger partial charge in [-0.05, 0) is 23.6 Å². The molecule has 5 rings (SSSR count). The third kappa shape index (κ3) is 5.22. The van der Waals surface area contributed by atoms with E-state index in [0.29, 0.717) is 12.1 Å². The summed E-state index contributed by atoms with van der Waals surface area (Å²) in [4.78, 5) is 44.8. The molecule has 0 bridgehead atoms. The van der Waals surface area contributed by atoms with Gasteiger partial charge in [-0.3, -0.25) is 9.59 Å². The van der Waals surface area contributed by atoms with Crippen molar-refractivity contribution >= 4 is 17.8 Å². The van der Waals surface area contributed by atoms with Gasteiger partial charge in [-0.1, -0.05) is 96.9 Å². The van der Waals surface area contributed by atoms with E-state index in [9.17, 15) is 14.4 Å². The molecule has 3 unspecified atom stereocenters. The minimum atomic E-state index is -0.874. The Hall–Kier alpha value is -4.61. The van der Waals surface area contributed by atoms with Gasteiger partial charge in [-0.25, -0.2) is 9.80 Å². The third-order valence-electron chi connectivity index (χ3n) is 7.30. The van der Waals surface area contributed by atoms with Crippen LogP contribution in [0.4, 0.5) is 4.79 Å². The first-order valence-corrected chi connectivity index (χ1v) is 13.0. The lowest BCUT2D eigenvalue weighted by Gasteiger charge is -2.55. The quantitative estimate of drug-likeness (QED) is 0.504. The number of hydrogen-bond acceptors (Lipinski definition) is 4. The number of fused-ring (bicyclic) bond motifs is 1. The van der Waals surface area contributed by atoms with Gasteiger partial charge < -0.3 is 15.1 Å². The number of hydrazine groups is 1. The molecule has 3 aromatic rings. The smallest absolute Gasteiger partial charge is 0.333 e. The Balaban J connectivity index is 1.54. The Kier molecular flexibility index (Phi) is 7.62. The number of urea groups is 1. The highest BCUT2D eigenvalue weighted by Gasteiger charge is 2.52. The number of nitrogens with one attached hydrogen (secondary N) is 1. The molecule has 0 aliphatic carbocycles. The predicted molar refractivity (Wildman–Crippen MR) is 147 cm³/mol. The molecule has 0 aromatic heterocycles. The lowest BCUT2D eigenvalue weighted by atomic mass is 9.96. The predicted octanol–water partition coefficient (Wildman–Crippen LogP) is 3.56. The molecule has 2 fully saturated rings. The van der Waals surface area contributed by atoms with Crippen LogP contribution < -0.4 is 5.32 Å². The van der Waals surface area contributed by atoms with E-state index in [4.69, 9.17) is 6.42 Å². The van der Waals surface area contributed by atoms with E-state index in [1.165, 1.54) is 5.01 Å². The first kappa shape index (κ1) is 26.0. The van der Waals surface area contributed by atoms with Gasteiger partial charge >= 0.3 is 6.03 Å². The molecule has 8 heteroatoms. The summed E-state index contributed by atoms with van der Waals surface area (Å²) in [6.07, 6.45) is 4.91. The summed E-state index contributed by atoms with van der Waals surface area (Å²) < 4.78 is 0. The van der Waals surface area contributed by atoms with Gasteiger partial charge in [0.05, 0.1) is 25.7 Å².